The minimum atomic E-state index is -0.769. The number of hydrogen-bond donors (Lipinski definition) is 3. The Bertz CT molecular complexity index is 1620. The van der Waals surface area contributed by atoms with E-state index in [2.05, 4.69) is 79.5 Å². The second kappa shape index (κ2) is 16.4. The zero-order valence-electron chi connectivity index (χ0n) is 30.6. The molecule has 2 aliphatic heterocycles. The summed E-state index contributed by atoms with van der Waals surface area (Å²) in [6.45, 7) is 9.77. The summed E-state index contributed by atoms with van der Waals surface area (Å²) >= 11 is 0. The van der Waals surface area contributed by atoms with Crippen LogP contribution >= 0.6 is 0 Å². The number of amides is 1. The number of unbranched alkanes of at least 4 members (excludes halogenated alkanes) is 3. The highest BCUT2D eigenvalue weighted by molar-refractivity contribution is 5.76. The molecule has 1 saturated carbocycles. The zero-order valence-corrected chi connectivity index (χ0v) is 30.6. The maximum Gasteiger partial charge on any atom is 0.303 e. The van der Waals surface area contributed by atoms with Gasteiger partial charge in [-0.1, -0.05) is 106 Å². The van der Waals surface area contributed by atoms with E-state index in [0.29, 0.717) is 36.3 Å². The van der Waals surface area contributed by atoms with E-state index < -0.39 is 12.3 Å². The molecule has 0 aromatic heterocycles. The number of aliphatic hydroxyl groups excluding tert-OH is 1. The predicted octanol–water partition coefficient (Wildman–Crippen LogP) is 8.33. The van der Waals surface area contributed by atoms with E-state index in [1.165, 1.54) is 19.3 Å². The molecule has 1 amide bonds. The van der Waals surface area contributed by atoms with Gasteiger partial charge in [0.15, 0.2) is 6.29 Å². The first-order valence-corrected chi connectivity index (χ1v) is 18.9. The second-order valence-electron chi connectivity index (χ2n) is 16.4. The zero-order chi connectivity index (χ0) is 36.0. The van der Waals surface area contributed by atoms with Gasteiger partial charge in [0.1, 0.15) is 0 Å². The minimum Gasteiger partial charge on any atom is -0.481 e. The number of nitrogens with one attached hydrogen (secondary N) is 1. The van der Waals surface area contributed by atoms with Crippen LogP contribution < -0.4 is 5.32 Å². The molecule has 8 nitrogen and oxygen atoms in total. The van der Waals surface area contributed by atoms with Crippen molar-refractivity contribution in [2.24, 2.45) is 10.8 Å². The maximum atomic E-state index is 12.6. The Morgan fingerprint density at radius 2 is 1.57 bits per heavy atom. The van der Waals surface area contributed by atoms with Crippen LogP contribution in [-0.4, -0.2) is 52.2 Å². The van der Waals surface area contributed by atoms with Crippen molar-refractivity contribution in [3.05, 3.63) is 95.1 Å². The van der Waals surface area contributed by atoms with Crippen molar-refractivity contribution < 1.29 is 29.3 Å². The molecule has 5 atom stereocenters. The molecule has 3 fully saturated rings. The van der Waals surface area contributed by atoms with Crippen molar-refractivity contribution in [1.29, 1.82) is 0 Å². The van der Waals surface area contributed by atoms with Gasteiger partial charge in [-0.15, -0.1) is 0 Å². The number of nitrogens with zero attached hydrogens (tertiary/aromatic N) is 1. The summed E-state index contributed by atoms with van der Waals surface area (Å²) in [7, 11) is 0. The van der Waals surface area contributed by atoms with Gasteiger partial charge in [0.25, 0.3) is 0 Å². The van der Waals surface area contributed by atoms with E-state index in [-0.39, 0.29) is 31.1 Å². The molecular formula is C43H56N2O6. The third kappa shape index (κ3) is 9.86. The minimum absolute atomic E-state index is 0.00953. The van der Waals surface area contributed by atoms with Crippen LogP contribution in [-0.2, 0) is 32.2 Å². The number of aliphatic hydroxyl groups is 1. The third-order valence-electron chi connectivity index (χ3n) is 11.1. The molecule has 2 unspecified atom stereocenters. The molecule has 2 heterocycles. The molecule has 3 aromatic carbocycles. The summed E-state index contributed by atoms with van der Waals surface area (Å²) in [5.41, 5.74) is 6.86. The van der Waals surface area contributed by atoms with Gasteiger partial charge >= 0.3 is 5.97 Å². The Balaban J connectivity index is 1.12. The van der Waals surface area contributed by atoms with Crippen molar-refractivity contribution >= 4 is 11.9 Å². The average molecular weight is 697 g/mol. The number of benzene rings is 3. The third-order valence-corrected chi connectivity index (χ3v) is 11.1. The lowest BCUT2D eigenvalue weighted by Gasteiger charge is -2.41. The molecule has 6 rings (SSSR count). The fourth-order valence-electron chi connectivity index (χ4n) is 9.06. The summed E-state index contributed by atoms with van der Waals surface area (Å²) in [6, 6.07) is 25.3. The SMILES string of the molecule is CC1(C)CC2CC(C)(CN2C[C@@H]2C[C@H](c3ccc(CO)cc3)O[C@H](c3ccc(-c4ccccc4CNC(=O)CCCCCCC(=O)O)cc3)O2)C1. The molecule has 274 valence electrons. The van der Waals surface area contributed by atoms with Crippen LogP contribution in [0.5, 0.6) is 0 Å². The lowest BCUT2D eigenvalue weighted by Crippen LogP contribution is -2.42. The largest absolute Gasteiger partial charge is 0.481 e. The summed E-state index contributed by atoms with van der Waals surface area (Å²) in [5.74, 6) is -0.760. The molecule has 0 radical (unpaired) electrons. The van der Waals surface area contributed by atoms with Gasteiger partial charge in [0.05, 0.1) is 18.8 Å². The lowest BCUT2D eigenvalue weighted by molar-refractivity contribution is -0.253. The molecule has 3 aliphatic rings. The molecule has 0 spiro atoms. The van der Waals surface area contributed by atoms with Crippen molar-refractivity contribution in [2.45, 2.75) is 123 Å². The number of carbonyl (C=O) groups excluding carboxylic acids is 1. The number of carboxylic acids is 1. The molecule has 2 saturated heterocycles. The first-order valence-electron chi connectivity index (χ1n) is 18.9. The van der Waals surface area contributed by atoms with Crippen molar-refractivity contribution in [3.63, 3.8) is 0 Å². The topological polar surface area (TPSA) is 108 Å². The van der Waals surface area contributed by atoms with Gasteiger partial charge in [0.2, 0.25) is 5.91 Å². The number of carboxylic acid groups (broad SMARTS) is 1. The van der Waals surface area contributed by atoms with Crippen molar-refractivity contribution in [2.75, 3.05) is 13.1 Å². The fourth-order valence-corrected chi connectivity index (χ4v) is 9.06. The highest BCUT2D eigenvalue weighted by Crippen LogP contribution is 2.53. The predicted molar refractivity (Wildman–Crippen MR) is 199 cm³/mol. The van der Waals surface area contributed by atoms with Gasteiger partial charge in [-0.2, -0.15) is 0 Å². The molecular weight excluding hydrogens is 640 g/mol. The quantitative estimate of drug-likeness (QED) is 0.137. The number of fused-ring (bicyclic) bond motifs is 2. The smallest absolute Gasteiger partial charge is 0.303 e. The number of carbonyl (C=O) groups is 2. The fraction of sp³-hybridized carbons (Fsp3) is 0.535. The van der Waals surface area contributed by atoms with Crippen LogP contribution in [0.3, 0.4) is 0 Å². The monoisotopic (exact) mass is 696 g/mol. The first kappa shape index (κ1) is 37.2. The molecule has 3 N–H and O–H groups in total. The van der Waals surface area contributed by atoms with Crippen molar-refractivity contribution in [3.8, 4) is 11.1 Å². The summed E-state index contributed by atoms with van der Waals surface area (Å²) in [4.78, 5) is 26.0. The standard InChI is InChI=1S/C43H56N2O6/c1-42(2)23-35-24-43(3,28-42)29-45(35)26-36-22-38(32-16-14-30(27-46)15-17-32)51-41(50-36)33-20-18-31(19-21-33)37-11-9-8-10-34(37)25-44-39(47)12-6-4-5-7-13-40(48)49/h8-11,14-21,35-36,38,41,46H,4-7,12-13,22-29H2,1-3H3,(H,44,47)(H,48,49)/t35?,36-,38+,41+,43?/m0/s1. The molecule has 1 aliphatic carbocycles. The normalized spacial score (nSPS) is 25.8. The Hall–Kier alpha value is -3.56. The highest BCUT2D eigenvalue weighted by atomic mass is 16.7. The van der Waals surface area contributed by atoms with Crippen LogP contribution in [0.15, 0.2) is 72.8 Å². The molecule has 2 bridgehead atoms. The summed E-state index contributed by atoms with van der Waals surface area (Å²) < 4.78 is 13.5. The van der Waals surface area contributed by atoms with Gasteiger partial charge in [-0.05, 0) is 70.8 Å². The lowest BCUT2D eigenvalue weighted by atomic mass is 9.65. The first-order chi connectivity index (χ1) is 24.5. The van der Waals surface area contributed by atoms with E-state index in [4.69, 9.17) is 14.6 Å². The van der Waals surface area contributed by atoms with Gasteiger partial charge in [-0.3, -0.25) is 14.5 Å². The van der Waals surface area contributed by atoms with Crippen LogP contribution in [0.4, 0.5) is 0 Å². The molecule has 8 heteroatoms. The Kier molecular flexibility index (Phi) is 12.0. The van der Waals surface area contributed by atoms with Crippen LogP contribution in [0, 0.1) is 10.8 Å². The maximum absolute atomic E-state index is 12.6. The van der Waals surface area contributed by atoms with Gasteiger partial charge < -0.3 is 25.0 Å². The van der Waals surface area contributed by atoms with E-state index in [1.54, 1.807) is 0 Å². The highest BCUT2D eigenvalue weighted by Gasteiger charge is 2.50. The summed E-state index contributed by atoms with van der Waals surface area (Å²) in [6.07, 6.45) is 7.63. The van der Waals surface area contributed by atoms with Crippen LogP contribution in [0.1, 0.15) is 120 Å². The Morgan fingerprint density at radius 3 is 2.29 bits per heavy atom. The Morgan fingerprint density at radius 1 is 0.863 bits per heavy atom. The van der Waals surface area contributed by atoms with E-state index >= 15 is 0 Å². The number of hydrogen-bond acceptors (Lipinski definition) is 6. The number of rotatable bonds is 15. The Labute approximate surface area is 303 Å². The van der Waals surface area contributed by atoms with E-state index in [1.807, 2.05) is 24.3 Å². The molecule has 51 heavy (non-hydrogen) atoms. The van der Waals surface area contributed by atoms with Crippen LogP contribution in [0.2, 0.25) is 0 Å². The average Bonchev–Trinajstić information content (AvgIpc) is 3.35. The van der Waals surface area contributed by atoms with Gasteiger partial charge in [0, 0.05) is 50.5 Å². The van der Waals surface area contributed by atoms with E-state index in [9.17, 15) is 14.7 Å². The number of ether oxygens (including phenoxy) is 2. The van der Waals surface area contributed by atoms with Crippen LogP contribution in [0.25, 0.3) is 11.1 Å². The molecule has 3 aromatic rings. The van der Waals surface area contributed by atoms with Gasteiger partial charge in [-0.25, -0.2) is 0 Å². The van der Waals surface area contributed by atoms with E-state index in [0.717, 1.165) is 72.2 Å². The number of likely N-dealkylation sites (tertiary alicyclic amines) is 1. The summed E-state index contributed by atoms with van der Waals surface area (Å²) in [5, 5.41) is 21.5. The van der Waals surface area contributed by atoms with Crippen molar-refractivity contribution in [1.82, 2.24) is 10.2 Å². The number of aliphatic carboxylic acids is 1. The second-order valence-corrected chi connectivity index (χ2v) is 16.4.